The predicted octanol–water partition coefficient (Wildman–Crippen LogP) is 1.51. The monoisotopic (exact) mass is 230 g/mol. The van der Waals surface area contributed by atoms with Gasteiger partial charge in [-0.25, -0.2) is 0 Å². The summed E-state index contributed by atoms with van der Waals surface area (Å²) in [4.78, 5) is -3.20. The van der Waals surface area contributed by atoms with Gasteiger partial charge in [-0.15, -0.1) is 0 Å². The quantitative estimate of drug-likeness (QED) is 0.730. The number of halogens is 3. The Morgan fingerprint density at radius 1 is 1.64 bits per heavy atom. The minimum absolute atomic E-state index is 0.0122. The summed E-state index contributed by atoms with van der Waals surface area (Å²) in [6.45, 7) is 0. The molecule has 0 unspecified atom stereocenters. The lowest BCUT2D eigenvalue weighted by Crippen LogP contribution is -2.57. The molecule has 0 aromatic rings. The summed E-state index contributed by atoms with van der Waals surface area (Å²) >= 11 is 2.13. The van der Waals surface area contributed by atoms with Crippen molar-refractivity contribution in [2.24, 2.45) is 0 Å². The Morgan fingerprint density at radius 2 is 2.09 bits per heavy atom. The van der Waals surface area contributed by atoms with Crippen LogP contribution in [0.3, 0.4) is 0 Å². The van der Waals surface area contributed by atoms with E-state index in [1.54, 1.807) is 0 Å². The second-order valence-electron chi connectivity index (χ2n) is 2.80. The van der Waals surface area contributed by atoms with Crippen molar-refractivity contribution >= 4 is 15.9 Å². The van der Waals surface area contributed by atoms with E-state index >= 15 is 0 Å². The van der Waals surface area contributed by atoms with Crippen molar-refractivity contribution in [3.05, 3.63) is 0 Å². The van der Waals surface area contributed by atoms with Crippen LogP contribution in [0.5, 0.6) is 0 Å². The maximum atomic E-state index is 12.5. The minimum atomic E-state index is -3.20. The maximum absolute atomic E-state index is 12.5. The van der Waals surface area contributed by atoms with Gasteiger partial charge in [0.05, 0.1) is 6.10 Å². The molecule has 0 amide bonds. The number of alkyl halides is 3. The molecule has 0 aliphatic heterocycles. The molecule has 0 aromatic carbocycles. The molecule has 1 aliphatic rings. The molecule has 1 aliphatic carbocycles. The molecule has 1 saturated carbocycles. The van der Waals surface area contributed by atoms with Crippen molar-refractivity contribution in [1.29, 1.82) is 0 Å². The Kier molecular flexibility index (Phi) is 2.24. The Morgan fingerprint density at radius 3 is 2.36 bits per heavy atom. The van der Waals surface area contributed by atoms with Gasteiger partial charge in [0.1, 0.15) is 5.60 Å². The van der Waals surface area contributed by atoms with Gasteiger partial charge in [0.2, 0.25) is 0 Å². The fourth-order valence-electron chi connectivity index (χ4n) is 1.09. The SMILES string of the molecule is COC1CC(O)(C(F)(F)Br)C1. The maximum Gasteiger partial charge on any atom is 0.329 e. The van der Waals surface area contributed by atoms with Gasteiger partial charge in [0.15, 0.2) is 0 Å². The summed E-state index contributed by atoms with van der Waals surface area (Å²) in [6.07, 6.45) is -0.257. The molecule has 1 N–H and O–H groups in total. The van der Waals surface area contributed by atoms with Gasteiger partial charge in [-0.1, -0.05) is 0 Å². The van der Waals surface area contributed by atoms with E-state index < -0.39 is 10.4 Å². The summed E-state index contributed by atoms with van der Waals surface area (Å²) in [5.41, 5.74) is -1.91. The second kappa shape index (κ2) is 2.64. The first kappa shape index (κ1) is 9.35. The molecule has 0 heterocycles. The smallest absolute Gasteiger partial charge is 0.329 e. The Hall–Kier alpha value is 0.260. The van der Waals surface area contributed by atoms with Crippen molar-refractivity contribution in [2.75, 3.05) is 7.11 Å². The largest absolute Gasteiger partial charge is 0.382 e. The van der Waals surface area contributed by atoms with Crippen LogP contribution in [0, 0.1) is 0 Å². The third-order valence-electron chi connectivity index (χ3n) is 1.99. The topological polar surface area (TPSA) is 29.5 Å². The van der Waals surface area contributed by atoms with Gasteiger partial charge in [-0.2, -0.15) is 8.78 Å². The summed E-state index contributed by atoms with van der Waals surface area (Å²) in [7, 11) is 1.44. The molecule has 5 heteroatoms. The Balaban J connectivity index is 2.49. The normalized spacial score (nSPS) is 38.5. The van der Waals surface area contributed by atoms with Gasteiger partial charge < -0.3 is 9.84 Å². The van der Waals surface area contributed by atoms with E-state index in [9.17, 15) is 13.9 Å². The molecule has 1 fully saturated rings. The summed E-state index contributed by atoms with van der Waals surface area (Å²) in [5.74, 6) is 0. The van der Waals surface area contributed by atoms with Crippen LogP contribution < -0.4 is 0 Å². The van der Waals surface area contributed by atoms with Crippen molar-refractivity contribution in [1.82, 2.24) is 0 Å². The lowest BCUT2D eigenvalue weighted by molar-refractivity contribution is -0.207. The molecule has 0 atom stereocenters. The zero-order valence-electron chi connectivity index (χ0n) is 5.98. The van der Waals surface area contributed by atoms with E-state index in [1.165, 1.54) is 7.11 Å². The van der Waals surface area contributed by atoms with Crippen molar-refractivity contribution in [3.8, 4) is 0 Å². The second-order valence-corrected chi connectivity index (χ2v) is 3.79. The first-order chi connectivity index (χ1) is 4.89. The molecular weight excluding hydrogens is 222 g/mol. The zero-order valence-corrected chi connectivity index (χ0v) is 7.57. The molecule has 11 heavy (non-hydrogen) atoms. The van der Waals surface area contributed by atoms with Gasteiger partial charge in [0, 0.05) is 20.0 Å². The lowest BCUT2D eigenvalue weighted by atomic mass is 9.78. The van der Waals surface area contributed by atoms with E-state index in [2.05, 4.69) is 15.9 Å². The Bertz CT molecular complexity index is 151. The average Bonchev–Trinajstić information content (AvgIpc) is 1.78. The number of hydrogen-bond acceptors (Lipinski definition) is 2. The summed E-state index contributed by atoms with van der Waals surface area (Å²) in [5, 5.41) is 9.17. The molecule has 66 valence electrons. The van der Waals surface area contributed by atoms with E-state index in [4.69, 9.17) is 4.74 Å². The van der Waals surface area contributed by atoms with Crippen LogP contribution in [0.15, 0.2) is 0 Å². The van der Waals surface area contributed by atoms with Crippen LogP contribution in [0.2, 0.25) is 0 Å². The minimum Gasteiger partial charge on any atom is -0.382 e. The van der Waals surface area contributed by atoms with Crippen molar-refractivity contribution < 1.29 is 18.6 Å². The lowest BCUT2D eigenvalue weighted by Gasteiger charge is -2.44. The molecule has 0 spiro atoms. The number of methoxy groups -OCH3 is 1. The fourth-order valence-corrected chi connectivity index (χ4v) is 1.42. The molecular formula is C6H9BrF2O2. The van der Waals surface area contributed by atoms with Gasteiger partial charge in [-0.3, -0.25) is 0 Å². The number of rotatable bonds is 2. The van der Waals surface area contributed by atoms with Crippen molar-refractivity contribution in [3.63, 3.8) is 0 Å². The van der Waals surface area contributed by atoms with Crippen LogP contribution in [0.25, 0.3) is 0 Å². The summed E-state index contributed by atoms with van der Waals surface area (Å²) < 4.78 is 29.7. The van der Waals surface area contributed by atoms with E-state index in [1.807, 2.05) is 0 Å². The molecule has 0 radical (unpaired) electrons. The summed E-state index contributed by atoms with van der Waals surface area (Å²) in [6, 6.07) is 0. The van der Waals surface area contributed by atoms with Crippen molar-refractivity contribution in [2.45, 2.75) is 29.4 Å². The van der Waals surface area contributed by atoms with E-state index in [-0.39, 0.29) is 18.9 Å². The highest BCUT2D eigenvalue weighted by Crippen LogP contribution is 2.48. The highest BCUT2D eigenvalue weighted by atomic mass is 79.9. The number of hydrogen-bond donors (Lipinski definition) is 1. The fraction of sp³-hybridized carbons (Fsp3) is 1.00. The highest BCUT2D eigenvalue weighted by Gasteiger charge is 2.59. The molecule has 2 nitrogen and oxygen atoms in total. The van der Waals surface area contributed by atoms with Gasteiger partial charge >= 0.3 is 4.83 Å². The molecule has 0 aromatic heterocycles. The van der Waals surface area contributed by atoms with Gasteiger partial charge in [-0.05, 0) is 15.9 Å². The van der Waals surface area contributed by atoms with Crippen LogP contribution in [-0.4, -0.2) is 28.8 Å². The third-order valence-corrected chi connectivity index (χ3v) is 2.73. The molecule has 0 saturated heterocycles. The van der Waals surface area contributed by atoms with Crippen LogP contribution in [0.1, 0.15) is 12.8 Å². The number of aliphatic hydroxyl groups is 1. The van der Waals surface area contributed by atoms with Crippen LogP contribution in [-0.2, 0) is 4.74 Å². The third kappa shape index (κ3) is 1.55. The molecule has 0 bridgehead atoms. The number of ether oxygens (including phenoxy) is 1. The highest BCUT2D eigenvalue weighted by molar-refractivity contribution is 9.10. The van der Waals surface area contributed by atoms with E-state index in [0.29, 0.717) is 0 Å². The Labute approximate surface area is 71.7 Å². The van der Waals surface area contributed by atoms with Gasteiger partial charge in [0.25, 0.3) is 0 Å². The standard InChI is InChI=1S/C6H9BrF2O2/c1-11-4-2-5(10,3-4)6(7,8)9/h4,10H,2-3H2,1H3. The first-order valence-corrected chi connectivity index (χ1v) is 4.00. The molecule has 1 rings (SSSR count). The van der Waals surface area contributed by atoms with Crippen LogP contribution >= 0.6 is 15.9 Å². The average molecular weight is 231 g/mol. The zero-order chi connectivity index (χ0) is 8.70. The van der Waals surface area contributed by atoms with Crippen LogP contribution in [0.4, 0.5) is 8.78 Å². The predicted molar refractivity (Wildman–Crippen MR) is 38.9 cm³/mol. The van der Waals surface area contributed by atoms with E-state index in [0.717, 1.165) is 0 Å². The first-order valence-electron chi connectivity index (χ1n) is 3.21.